The molecule has 21 heavy (non-hydrogen) atoms. The van der Waals surface area contributed by atoms with Gasteiger partial charge in [-0.3, -0.25) is 0 Å². The molecule has 0 aliphatic heterocycles. The molecular formula is C16H17Br2NO2. The first-order valence-corrected chi connectivity index (χ1v) is 8.08. The van der Waals surface area contributed by atoms with Crippen molar-refractivity contribution in [2.75, 3.05) is 14.2 Å². The number of nitrogens with one attached hydrogen (secondary N) is 1. The zero-order valence-electron chi connectivity index (χ0n) is 12.0. The van der Waals surface area contributed by atoms with E-state index < -0.39 is 0 Å². The van der Waals surface area contributed by atoms with E-state index in [0.29, 0.717) is 0 Å². The number of hydrogen-bond acceptors (Lipinski definition) is 3. The minimum absolute atomic E-state index is 0.737. The number of ether oxygens (including phenoxy) is 2. The minimum Gasteiger partial charge on any atom is -0.497 e. The number of rotatable bonds is 6. The van der Waals surface area contributed by atoms with Crippen LogP contribution in [0.15, 0.2) is 45.3 Å². The smallest absolute Gasteiger partial charge is 0.127 e. The fourth-order valence-corrected chi connectivity index (χ4v) is 2.66. The van der Waals surface area contributed by atoms with E-state index in [9.17, 15) is 0 Å². The summed E-state index contributed by atoms with van der Waals surface area (Å²) in [6, 6.07) is 12.1. The first-order valence-electron chi connectivity index (χ1n) is 6.49. The van der Waals surface area contributed by atoms with Crippen LogP contribution in [0.25, 0.3) is 0 Å². The highest BCUT2D eigenvalue weighted by Crippen LogP contribution is 2.25. The Labute approximate surface area is 141 Å². The summed E-state index contributed by atoms with van der Waals surface area (Å²) in [4.78, 5) is 0. The van der Waals surface area contributed by atoms with Gasteiger partial charge in [-0.05, 0) is 55.6 Å². The number of halogens is 2. The van der Waals surface area contributed by atoms with Gasteiger partial charge in [-0.15, -0.1) is 0 Å². The fraction of sp³-hybridized carbons (Fsp3) is 0.250. The maximum absolute atomic E-state index is 5.39. The molecule has 0 heterocycles. The van der Waals surface area contributed by atoms with Gasteiger partial charge in [0.05, 0.1) is 14.2 Å². The first kappa shape index (κ1) is 16.3. The van der Waals surface area contributed by atoms with Gasteiger partial charge in [0.1, 0.15) is 11.5 Å². The molecule has 3 nitrogen and oxygen atoms in total. The highest BCUT2D eigenvalue weighted by Gasteiger charge is 2.05. The third kappa shape index (κ3) is 4.46. The predicted molar refractivity (Wildman–Crippen MR) is 91.9 cm³/mol. The minimum atomic E-state index is 0.737. The molecule has 0 amide bonds. The Balaban J connectivity index is 1.98. The van der Waals surface area contributed by atoms with Gasteiger partial charge in [0.2, 0.25) is 0 Å². The van der Waals surface area contributed by atoms with Gasteiger partial charge in [0, 0.05) is 33.7 Å². The summed E-state index contributed by atoms with van der Waals surface area (Å²) in [5.74, 6) is 1.63. The SMILES string of the molecule is COc1ccc(CNCc2ccc(Br)c(Br)c2)c(OC)c1. The normalized spacial score (nSPS) is 10.5. The lowest BCUT2D eigenvalue weighted by Crippen LogP contribution is -2.13. The molecule has 0 spiro atoms. The highest BCUT2D eigenvalue weighted by molar-refractivity contribution is 9.13. The summed E-state index contributed by atoms with van der Waals surface area (Å²) >= 11 is 6.98. The van der Waals surface area contributed by atoms with Crippen molar-refractivity contribution in [1.29, 1.82) is 0 Å². The van der Waals surface area contributed by atoms with Crippen molar-refractivity contribution in [2.24, 2.45) is 0 Å². The van der Waals surface area contributed by atoms with Gasteiger partial charge in [-0.1, -0.05) is 12.1 Å². The molecule has 0 atom stereocenters. The summed E-state index contributed by atoms with van der Waals surface area (Å²) in [6.07, 6.45) is 0. The molecule has 0 fully saturated rings. The van der Waals surface area contributed by atoms with Crippen molar-refractivity contribution < 1.29 is 9.47 Å². The fourth-order valence-electron chi connectivity index (χ4n) is 1.99. The van der Waals surface area contributed by atoms with Crippen molar-refractivity contribution >= 4 is 31.9 Å². The van der Waals surface area contributed by atoms with E-state index >= 15 is 0 Å². The Hall–Kier alpha value is -1.04. The van der Waals surface area contributed by atoms with E-state index in [2.05, 4.69) is 49.3 Å². The van der Waals surface area contributed by atoms with E-state index in [1.807, 2.05) is 24.3 Å². The summed E-state index contributed by atoms with van der Waals surface area (Å²) < 4.78 is 12.7. The van der Waals surface area contributed by atoms with Crippen molar-refractivity contribution in [3.63, 3.8) is 0 Å². The largest absolute Gasteiger partial charge is 0.497 e. The number of methoxy groups -OCH3 is 2. The van der Waals surface area contributed by atoms with E-state index in [0.717, 1.165) is 39.1 Å². The molecule has 0 aliphatic rings. The van der Waals surface area contributed by atoms with Gasteiger partial charge in [0.25, 0.3) is 0 Å². The highest BCUT2D eigenvalue weighted by atomic mass is 79.9. The monoisotopic (exact) mass is 413 g/mol. The van der Waals surface area contributed by atoms with Crippen LogP contribution in [0.1, 0.15) is 11.1 Å². The Bertz CT molecular complexity index is 617. The molecular weight excluding hydrogens is 398 g/mol. The predicted octanol–water partition coefficient (Wildman–Crippen LogP) is 4.52. The first-order chi connectivity index (χ1) is 10.1. The molecule has 2 rings (SSSR count). The zero-order valence-corrected chi connectivity index (χ0v) is 15.1. The van der Waals surface area contributed by atoms with Crippen LogP contribution in [0.4, 0.5) is 0 Å². The maximum Gasteiger partial charge on any atom is 0.127 e. The molecule has 1 N–H and O–H groups in total. The van der Waals surface area contributed by atoms with Crippen LogP contribution in [0.2, 0.25) is 0 Å². The summed E-state index contributed by atoms with van der Waals surface area (Å²) in [7, 11) is 3.32. The van der Waals surface area contributed by atoms with E-state index in [-0.39, 0.29) is 0 Å². The third-order valence-electron chi connectivity index (χ3n) is 3.12. The van der Waals surface area contributed by atoms with Gasteiger partial charge in [-0.2, -0.15) is 0 Å². The summed E-state index contributed by atoms with van der Waals surface area (Å²) in [6.45, 7) is 1.53. The molecule has 0 aliphatic carbocycles. The quantitative estimate of drug-likeness (QED) is 0.753. The van der Waals surface area contributed by atoms with E-state index in [1.165, 1.54) is 5.56 Å². The van der Waals surface area contributed by atoms with Gasteiger partial charge >= 0.3 is 0 Å². The molecule has 2 aromatic rings. The van der Waals surface area contributed by atoms with Gasteiger partial charge in [-0.25, -0.2) is 0 Å². The second kappa shape index (κ2) is 7.82. The molecule has 5 heteroatoms. The zero-order chi connectivity index (χ0) is 15.2. The molecule has 0 saturated carbocycles. The summed E-state index contributed by atoms with van der Waals surface area (Å²) in [5.41, 5.74) is 2.33. The topological polar surface area (TPSA) is 30.5 Å². The Morgan fingerprint density at radius 3 is 2.38 bits per heavy atom. The van der Waals surface area contributed by atoms with Gasteiger partial charge in [0.15, 0.2) is 0 Å². The Kier molecular flexibility index (Phi) is 6.08. The molecule has 0 saturated heterocycles. The van der Waals surface area contributed by atoms with E-state index in [1.54, 1.807) is 14.2 Å². The lowest BCUT2D eigenvalue weighted by atomic mass is 10.1. The van der Waals surface area contributed by atoms with Crippen molar-refractivity contribution in [1.82, 2.24) is 5.32 Å². The third-order valence-corrected chi connectivity index (χ3v) is 5.00. The van der Waals surface area contributed by atoms with Crippen LogP contribution < -0.4 is 14.8 Å². The molecule has 0 bridgehead atoms. The van der Waals surface area contributed by atoms with Crippen LogP contribution in [-0.2, 0) is 13.1 Å². The van der Waals surface area contributed by atoms with Gasteiger partial charge < -0.3 is 14.8 Å². The second-order valence-corrected chi connectivity index (χ2v) is 6.24. The van der Waals surface area contributed by atoms with Crippen LogP contribution in [0.5, 0.6) is 11.5 Å². The molecule has 2 aromatic carbocycles. The molecule has 0 aromatic heterocycles. The summed E-state index contributed by atoms with van der Waals surface area (Å²) in [5, 5.41) is 3.42. The van der Waals surface area contributed by atoms with Crippen LogP contribution in [0, 0.1) is 0 Å². The maximum atomic E-state index is 5.39. The van der Waals surface area contributed by atoms with Crippen molar-refractivity contribution in [3.8, 4) is 11.5 Å². The standard InChI is InChI=1S/C16H17Br2NO2/c1-20-13-5-4-12(16(8-13)21-2)10-19-9-11-3-6-14(17)15(18)7-11/h3-8,19H,9-10H2,1-2H3. The average molecular weight is 415 g/mol. The lowest BCUT2D eigenvalue weighted by molar-refractivity contribution is 0.390. The number of benzene rings is 2. The molecule has 112 valence electrons. The van der Waals surface area contributed by atoms with Crippen molar-refractivity contribution in [2.45, 2.75) is 13.1 Å². The lowest BCUT2D eigenvalue weighted by Gasteiger charge is -2.11. The molecule has 0 radical (unpaired) electrons. The van der Waals surface area contributed by atoms with Crippen molar-refractivity contribution in [3.05, 3.63) is 56.5 Å². The Morgan fingerprint density at radius 2 is 1.71 bits per heavy atom. The van der Waals surface area contributed by atoms with Crippen LogP contribution in [0.3, 0.4) is 0 Å². The number of hydrogen-bond donors (Lipinski definition) is 1. The average Bonchev–Trinajstić information content (AvgIpc) is 2.51. The Morgan fingerprint density at radius 1 is 0.905 bits per heavy atom. The van der Waals surface area contributed by atoms with Crippen LogP contribution in [-0.4, -0.2) is 14.2 Å². The van der Waals surface area contributed by atoms with E-state index in [4.69, 9.17) is 9.47 Å². The molecule has 0 unspecified atom stereocenters. The second-order valence-electron chi connectivity index (χ2n) is 4.53. The van der Waals surface area contributed by atoms with Crippen LogP contribution >= 0.6 is 31.9 Å².